The maximum Gasteiger partial charge on any atom is 0.254 e. The second-order valence-corrected chi connectivity index (χ2v) is 12.0. The van der Waals surface area contributed by atoms with Crippen molar-refractivity contribution in [3.8, 4) is 22.5 Å². The van der Waals surface area contributed by atoms with Gasteiger partial charge in [-0.2, -0.15) is 0 Å². The van der Waals surface area contributed by atoms with Crippen molar-refractivity contribution in [1.82, 2.24) is 19.7 Å². The lowest BCUT2D eigenvalue weighted by Crippen LogP contribution is -2.54. The molecule has 0 unspecified atom stereocenters. The number of hydrogen-bond acceptors (Lipinski definition) is 4. The van der Waals surface area contributed by atoms with Gasteiger partial charge in [-0.15, -0.1) is 0 Å². The predicted octanol–water partition coefficient (Wildman–Crippen LogP) is 6.13. The summed E-state index contributed by atoms with van der Waals surface area (Å²) < 4.78 is 0. The van der Waals surface area contributed by atoms with Gasteiger partial charge in [0.15, 0.2) is 0 Å². The number of carbonyl (C=O) groups excluding carboxylic acids is 2. The van der Waals surface area contributed by atoms with E-state index in [-0.39, 0.29) is 5.91 Å². The van der Waals surface area contributed by atoms with E-state index >= 15 is 0 Å². The van der Waals surface area contributed by atoms with Crippen LogP contribution in [0.3, 0.4) is 0 Å². The van der Waals surface area contributed by atoms with Crippen LogP contribution in [0.1, 0.15) is 61.7 Å². The minimum absolute atomic E-state index is 0.0736. The first-order valence-electron chi connectivity index (χ1n) is 15.6. The van der Waals surface area contributed by atoms with Gasteiger partial charge < -0.3 is 9.80 Å². The number of aromatic nitrogens is 1. The normalized spacial score (nSPS) is 19.3. The molecule has 3 fully saturated rings. The molecule has 0 N–H and O–H groups in total. The fourth-order valence-corrected chi connectivity index (χ4v) is 6.89. The van der Waals surface area contributed by atoms with E-state index in [1.165, 1.54) is 32.1 Å². The molecule has 3 heterocycles. The lowest BCUT2D eigenvalue weighted by atomic mass is 9.86. The molecule has 2 amide bonds. The highest BCUT2D eigenvalue weighted by Crippen LogP contribution is 2.29. The average molecular weight is 551 g/mol. The highest BCUT2D eigenvalue weighted by Gasteiger charge is 2.31. The molecule has 1 aromatic heterocycles. The number of hydrogen-bond donors (Lipinski definition) is 0. The van der Waals surface area contributed by atoms with Crippen LogP contribution in [0.4, 0.5) is 0 Å². The molecule has 0 bridgehead atoms. The van der Waals surface area contributed by atoms with Crippen LogP contribution in [-0.2, 0) is 4.79 Å². The fourth-order valence-electron chi connectivity index (χ4n) is 6.89. The van der Waals surface area contributed by atoms with E-state index < -0.39 is 0 Å². The van der Waals surface area contributed by atoms with Gasteiger partial charge in [-0.3, -0.25) is 14.5 Å². The standard InChI is InChI=1S/C35H42N4O2/c40-34(24-27-10-4-1-5-11-27)38-18-16-31(17-19-38)37-20-22-39(23-21-37)35(41)30-25-32(28-12-6-2-7-13-28)36-33(26-30)29-14-8-3-9-15-29/h2-3,6-9,12-15,25-27,31H,1,4-5,10-11,16-24H2. The zero-order valence-corrected chi connectivity index (χ0v) is 24.1. The van der Waals surface area contributed by atoms with Gasteiger partial charge in [0, 0.05) is 68.4 Å². The molecule has 3 aliphatic rings. The van der Waals surface area contributed by atoms with Crippen LogP contribution < -0.4 is 0 Å². The van der Waals surface area contributed by atoms with Gasteiger partial charge in [0.1, 0.15) is 0 Å². The van der Waals surface area contributed by atoms with Gasteiger partial charge in [0.2, 0.25) is 5.91 Å². The molecule has 2 aliphatic heterocycles. The summed E-state index contributed by atoms with van der Waals surface area (Å²) in [7, 11) is 0. The Kier molecular flexibility index (Phi) is 8.76. The molecule has 0 spiro atoms. The van der Waals surface area contributed by atoms with E-state index in [0.29, 0.717) is 23.4 Å². The number of nitrogens with zero attached hydrogens (tertiary/aromatic N) is 4. The van der Waals surface area contributed by atoms with E-state index in [1.54, 1.807) is 0 Å². The van der Waals surface area contributed by atoms with E-state index in [1.807, 2.05) is 77.7 Å². The summed E-state index contributed by atoms with van der Waals surface area (Å²) in [6, 6.07) is 24.6. The van der Waals surface area contributed by atoms with Crippen LogP contribution in [0.25, 0.3) is 22.5 Å². The van der Waals surface area contributed by atoms with Crippen LogP contribution in [0, 0.1) is 5.92 Å². The van der Waals surface area contributed by atoms with Crippen LogP contribution in [0.2, 0.25) is 0 Å². The Hall–Kier alpha value is -3.51. The van der Waals surface area contributed by atoms with E-state index in [2.05, 4.69) is 9.80 Å². The topological polar surface area (TPSA) is 56.8 Å². The van der Waals surface area contributed by atoms with Gasteiger partial charge in [-0.05, 0) is 43.7 Å². The third kappa shape index (κ3) is 6.70. The number of likely N-dealkylation sites (tertiary alicyclic amines) is 1. The molecule has 1 saturated carbocycles. The van der Waals surface area contributed by atoms with E-state index in [9.17, 15) is 9.59 Å². The summed E-state index contributed by atoms with van der Waals surface area (Å²) in [6.45, 7) is 4.96. The lowest BCUT2D eigenvalue weighted by Gasteiger charge is -2.43. The zero-order chi connectivity index (χ0) is 28.0. The summed E-state index contributed by atoms with van der Waals surface area (Å²) in [5.41, 5.74) is 4.34. The number of carbonyl (C=O) groups is 2. The number of amides is 2. The van der Waals surface area contributed by atoms with Crippen molar-refractivity contribution in [3.63, 3.8) is 0 Å². The lowest BCUT2D eigenvalue weighted by molar-refractivity contribution is -0.134. The van der Waals surface area contributed by atoms with Crippen LogP contribution >= 0.6 is 0 Å². The summed E-state index contributed by atoms with van der Waals surface area (Å²) in [4.78, 5) is 38.2. The summed E-state index contributed by atoms with van der Waals surface area (Å²) >= 11 is 0. The minimum atomic E-state index is 0.0736. The Morgan fingerprint density at radius 3 is 1.78 bits per heavy atom. The van der Waals surface area contributed by atoms with Crippen LogP contribution in [0.5, 0.6) is 0 Å². The molecule has 1 aliphatic carbocycles. The van der Waals surface area contributed by atoms with Crippen molar-refractivity contribution in [1.29, 1.82) is 0 Å². The third-order valence-electron chi connectivity index (χ3n) is 9.33. The van der Waals surface area contributed by atoms with Crippen molar-refractivity contribution in [2.75, 3.05) is 39.3 Å². The minimum Gasteiger partial charge on any atom is -0.343 e. The van der Waals surface area contributed by atoms with Crippen molar-refractivity contribution in [2.24, 2.45) is 5.92 Å². The first-order chi connectivity index (χ1) is 20.1. The predicted molar refractivity (Wildman–Crippen MR) is 163 cm³/mol. The van der Waals surface area contributed by atoms with Gasteiger partial charge >= 0.3 is 0 Å². The molecular weight excluding hydrogens is 508 g/mol. The number of piperazine rings is 1. The van der Waals surface area contributed by atoms with E-state index in [4.69, 9.17) is 4.98 Å². The SMILES string of the molecule is O=C(CC1CCCCC1)N1CCC(N2CCN(C(=O)c3cc(-c4ccccc4)nc(-c4ccccc4)c3)CC2)CC1. The third-order valence-corrected chi connectivity index (χ3v) is 9.33. The highest BCUT2D eigenvalue weighted by atomic mass is 16.2. The Balaban J connectivity index is 1.07. The molecule has 2 aromatic carbocycles. The Morgan fingerprint density at radius 2 is 1.22 bits per heavy atom. The van der Waals surface area contributed by atoms with Gasteiger partial charge in [0.05, 0.1) is 11.4 Å². The molecule has 6 heteroatoms. The zero-order valence-electron chi connectivity index (χ0n) is 24.1. The molecule has 41 heavy (non-hydrogen) atoms. The summed E-state index contributed by atoms with van der Waals surface area (Å²) in [6.07, 6.45) is 9.19. The second-order valence-electron chi connectivity index (χ2n) is 12.0. The smallest absolute Gasteiger partial charge is 0.254 e. The second kappa shape index (κ2) is 13.0. The van der Waals surface area contributed by atoms with E-state index in [0.717, 1.165) is 81.0 Å². The largest absolute Gasteiger partial charge is 0.343 e. The molecule has 0 atom stereocenters. The maximum absolute atomic E-state index is 13.8. The quantitative estimate of drug-likeness (QED) is 0.370. The van der Waals surface area contributed by atoms with Crippen molar-refractivity contribution >= 4 is 11.8 Å². The average Bonchev–Trinajstić information content (AvgIpc) is 3.05. The Labute approximate surface area is 244 Å². The monoisotopic (exact) mass is 550 g/mol. The van der Waals surface area contributed by atoms with Crippen LogP contribution in [-0.4, -0.2) is 76.8 Å². The number of piperidine rings is 1. The van der Waals surface area contributed by atoms with Gasteiger partial charge in [0.25, 0.3) is 5.91 Å². The number of rotatable bonds is 6. The van der Waals surface area contributed by atoms with Gasteiger partial charge in [-0.1, -0.05) is 79.9 Å². The van der Waals surface area contributed by atoms with Gasteiger partial charge in [-0.25, -0.2) is 4.98 Å². The molecule has 6 nitrogen and oxygen atoms in total. The first-order valence-corrected chi connectivity index (χ1v) is 15.6. The van der Waals surface area contributed by atoms with Crippen molar-refractivity contribution in [3.05, 3.63) is 78.4 Å². The molecular formula is C35H42N4O2. The molecule has 0 radical (unpaired) electrons. The number of benzene rings is 2. The fraction of sp³-hybridized carbons (Fsp3) is 0.457. The van der Waals surface area contributed by atoms with Crippen LogP contribution in [0.15, 0.2) is 72.8 Å². The molecule has 6 rings (SSSR count). The van der Waals surface area contributed by atoms with Crippen molar-refractivity contribution in [2.45, 2.75) is 57.4 Å². The molecule has 3 aromatic rings. The van der Waals surface area contributed by atoms with Crippen molar-refractivity contribution < 1.29 is 9.59 Å². The Bertz CT molecular complexity index is 1250. The Morgan fingerprint density at radius 1 is 0.659 bits per heavy atom. The molecule has 2 saturated heterocycles. The maximum atomic E-state index is 13.8. The number of pyridine rings is 1. The summed E-state index contributed by atoms with van der Waals surface area (Å²) in [5.74, 6) is 1.05. The first kappa shape index (κ1) is 27.6. The molecule has 214 valence electrons. The summed E-state index contributed by atoms with van der Waals surface area (Å²) in [5, 5.41) is 0. The highest BCUT2D eigenvalue weighted by molar-refractivity contribution is 5.96.